The highest BCUT2D eigenvalue weighted by atomic mass is 16.8. The van der Waals surface area contributed by atoms with Crippen LogP contribution in [0.4, 0.5) is 0 Å². The van der Waals surface area contributed by atoms with Crippen molar-refractivity contribution in [3.63, 3.8) is 0 Å². The van der Waals surface area contributed by atoms with Crippen molar-refractivity contribution in [3.05, 3.63) is 53.6 Å². The molecule has 0 spiro atoms. The first-order valence-corrected chi connectivity index (χ1v) is 17.4. The summed E-state index contributed by atoms with van der Waals surface area (Å²) in [6, 6.07) is 7.72. The number of ether oxygens (including phenoxy) is 7. The first kappa shape index (κ1) is 43.4. The average Bonchev–Trinajstić information content (AvgIpc) is 3.18. The molecular weight excluding hydrogens is 756 g/mol. The molecule has 0 aliphatic carbocycles. The molecule has 56 heavy (non-hydrogen) atoms. The van der Waals surface area contributed by atoms with E-state index in [1.54, 1.807) is 0 Å². The van der Waals surface area contributed by atoms with E-state index in [-0.39, 0.29) is 24.5 Å². The van der Waals surface area contributed by atoms with Gasteiger partial charge < -0.3 is 99.5 Å². The zero-order valence-electron chi connectivity index (χ0n) is 29.4. The minimum absolute atomic E-state index is 0.0541. The van der Waals surface area contributed by atoms with Crippen LogP contribution in [0.2, 0.25) is 0 Å². The van der Waals surface area contributed by atoms with Gasteiger partial charge in [-0.15, -0.1) is 0 Å². The van der Waals surface area contributed by atoms with Gasteiger partial charge in [0.05, 0.1) is 19.8 Å². The summed E-state index contributed by atoms with van der Waals surface area (Å²) >= 11 is 0. The predicted molar refractivity (Wildman–Crippen MR) is 181 cm³/mol. The number of carbonyl (C=O) groups excluding carboxylic acids is 1. The van der Waals surface area contributed by atoms with Gasteiger partial charge in [0.1, 0.15) is 79.9 Å². The highest BCUT2D eigenvalue weighted by molar-refractivity contribution is 5.87. The molecule has 0 saturated carbocycles. The van der Waals surface area contributed by atoms with Gasteiger partial charge in [0.2, 0.25) is 0 Å². The van der Waals surface area contributed by atoms with Crippen LogP contribution >= 0.6 is 0 Å². The van der Waals surface area contributed by atoms with Gasteiger partial charge >= 0.3 is 5.97 Å². The van der Waals surface area contributed by atoms with E-state index in [9.17, 15) is 71.2 Å². The summed E-state index contributed by atoms with van der Waals surface area (Å²) in [6.45, 7) is -2.64. The van der Waals surface area contributed by atoms with E-state index in [4.69, 9.17) is 33.2 Å². The molecule has 21 nitrogen and oxygen atoms in total. The number of hydrogen-bond donors (Lipinski definition) is 13. The van der Waals surface area contributed by atoms with E-state index in [0.29, 0.717) is 11.1 Å². The first-order valence-electron chi connectivity index (χ1n) is 17.4. The van der Waals surface area contributed by atoms with Crippen molar-refractivity contribution in [2.24, 2.45) is 0 Å². The molecule has 0 unspecified atom stereocenters. The van der Waals surface area contributed by atoms with E-state index in [1.807, 2.05) is 0 Å². The molecular formula is C35H46O21. The van der Waals surface area contributed by atoms with Crippen molar-refractivity contribution in [3.8, 4) is 23.0 Å². The number of hydrogen-bond acceptors (Lipinski definition) is 21. The Kier molecular flexibility index (Phi) is 14.8. The Bertz CT molecular complexity index is 1620. The summed E-state index contributed by atoms with van der Waals surface area (Å²) in [5.74, 6) is -2.61. The fourth-order valence-electron chi connectivity index (χ4n) is 6.17. The van der Waals surface area contributed by atoms with Crippen LogP contribution in [-0.2, 0) is 44.4 Å². The molecule has 0 amide bonds. The monoisotopic (exact) mass is 802 g/mol. The average molecular weight is 803 g/mol. The Labute approximate surface area is 317 Å². The van der Waals surface area contributed by atoms with E-state index >= 15 is 0 Å². The Hall–Kier alpha value is -3.75. The van der Waals surface area contributed by atoms with Gasteiger partial charge in [-0.1, -0.05) is 12.1 Å². The lowest BCUT2D eigenvalue weighted by atomic mass is 9.96. The maximum Gasteiger partial charge on any atom is 0.330 e. The number of esters is 1. The van der Waals surface area contributed by atoms with Gasteiger partial charge in [0.15, 0.2) is 41.9 Å². The molecule has 21 heteroatoms. The van der Waals surface area contributed by atoms with E-state index in [2.05, 4.69) is 0 Å². The lowest BCUT2D eigenvalue weighted by Crippen LogP contribution is -2.67. The molecule has 15 atom stereocenters. The van der Waals surface area contributed by atoms with Gasteiger partial charge in [-0.3, -0.25) is 0 Å². The molecule has 312 valence electrons. The molecule has 13 N–H and O–H groups in total. The number of carbonyl (C=O) groups is 1. The molecule has 3 heterocycles. The quantitative estimate of drug-likeness (QED) is 0.0489. The molecule has 3 aliphatic rings. The van der Waals surface area contributed by atoms with Crippen molar-refractivity contribution < 1.29 is 104 Å². The maximum absolute atomic E-state index is 12.7. The van der Waals surface area contributed by atoms with Gasteiger partial charge in [-0.2, -0.15) is 0 Å². The van der Waals surface area contributed by atoms with E-state index < -0.39 is 129 Å². The second-order valence-corrected chi connectivity index (χ2v) is 13.3. The molecule has 0 aromatic heterocycles. The van der Waals surface area contributed by atoms with Crippen LogP contribution in [0.5, 0.6) is 23.0 Å². The Morgan fingerprint density at radius 1 is 0.607 bits per heavy atom. The molecule has 3 saturated heterocycles. The molecule has 5 rings (SSSR count). The molecule has 3 fully saturated rings. The van der Waals surface area contributed by atoms with Crippen molar-refractivity contribution in [1.29, 1.82) is 0 Å². The Morgan fingerprint density at radius 2 is 1.14 bits per heavy atom. The summed E-state index contributed by atoms with van der Waals surface area (Å²) in [5, 5.41) is 133. The third-order valence-electron chi connectivity index (χ3n) is 9.41. The largest absolute Gasteiger partial charge is 0.504 e. The van der Waals surface area contributed by atoms with E-state index in [1.165, 1.54) is 42.5 Å². The minimum atomic E-state index is -2.00. The molecule has 0 radical (unpaired) electrons. The molecule has 2 aromatic carbocycles. The summed E-state index contributed by atoms with van der Waals surface area (Å²) in [6.07, 6.45) is -24.6. The smallest absolute Gasteiger partial charge is 0.330 e. The van der Waals surface area contributed by atoms with Crippen LogP contribution in [0.15, 0.2) is 42.5 Å². The number of aliphatic hydroxyl groups is 9. The highest BCUT2D eigenvalue weighted by Gasteiger charge is 2.54. The lowest BCUT2D eigenvalue weighted by Gasteiger charge is -2.49. The summed E-state index contributed by atoms with van der Waals surface area (Å²) in [4.78, 5) is 12.7. The number of phenolic OH excluding ortho intramolecular Hbond substituents is 4. The zero-order valence-corrected chi connectivity index (χ0v) is 29.4. The topological polar surface area (TPSA) is 345 Å². The summed E-state index contributed by atoms with van der Waals surface area (Å²) in [5.41, 5.74) is 0.777. The van der Waals surface area contributed by atoms with E-state index in [0.717, 1.165) is 6.08 Å². The van der Waals surface area contributed by atoms with Crippen molar-refractivity contribution in [2.45, 2.75) is 98.5 Å². The predicted octanol–water partition coefficient (Wildman–Crippen LogP) is -4.22. The molecule has 0 bridgehead atoms. The van der Waals surface area contributed by atoms with Crippen molar-refractivity contribution in [1.82, 2.24) is 0 Å². The third-order valence-corrected chi connectivity index (χ3v) is 9.41. The molecule has 3 aliphatic heterocycles. The van der Waals surface area contributed by atoms with Gasteiger partial charge in [0, 0.05) is 6.08 Å². The van der Waals surface area contributed by atoms with Crippen LogP contribution in [-0.4, -0.2) is 191 Å². The normalized spacial score (nSPS) is 36.4. The summed E-state index contributed by atoms with van der Waals surface area (Å²) in [7, 11) is 0. The molecule has 2 aromatic rings. The van der Waals surface area contributed by atoms with Crippen LogP contribution < -0.4 is 0 Å². The second-order valence-electron chi connectivity index (χ2n) is 13.3. The van der Waals surface area contributed by atoms with Gasteiger partial charge in [0.25, 0.3) is 0 Å². The second kappa shape index (κ2) is 19.1. The lowest BCUT2D eigenvalue weighted by molar-refractivity contribution is -0.391. The summed E-state index contributed by atoms with van der Waals surface area (Å²) < 4.78 is 40.1. The fraction of sp³-hybridized carbons (Fsp3) is 0.571. The minimum Gasteiger partial charge on any atom is -0.504 e. The Morgan fingerprint density at radius 3 is 1.70 bits per heavy atom. The maximum atomic E-state index is 12.7. The SMILES string of the molecule is O=C(C=Cc1ccc(O)c(O)c1)OC[C@H]1O[C@@H](OCCc2ccc(O)c(O)c2)[C@H](O[C@@H]2O[C@H](CO)[C@@H](O)[C@H](O)[C@H]2O)[C@@H](O[C@@H]2O[C@H](CO)[C@@H](O)[C@H](O)[C@H]2O)[C@@H]1O. The van der Waals surface area contributed by atoms with Crippen LogP contribution in [0.25, 0.3) is 6.08 Å². The standard InChI is InChI=1S/C35H46O21/c36-11-20-24(43)27(46)29(48)33(52-20)55-31-26(45)22(13-51-23(42)6-3-14-1-4-16(38)18(40)9-14)54-35(50-8-7-15-2-5-17(39)19(41)10-15)32(31)56-34-30(49)28(47)25(44)21(12-37)53-34/h1-6,9-10,20-22,24-41,43-49H,7-8,11-13H2/t20-,21-,22-,24-,25-,26-,27+,28+,29-,30-,31+,32-,33+,34+,35-/m1/s1. The number of benzene rings is 2. The number of aromatic hydroxyl groups is 4. The van der Waals surface area contributed by atoms with Gasteiger partial charge in [-0.05, 0) is 47.9 Å². The number of aliphatic hydroxyl groups excluding tert-OH is 9. The van der Waals surface area contributed by atoms with Gasteiger partial charge in [-0.25, -0.2) is 4.79 Å². The van der Waals surface area contributed by atoms with Crippen LogP contribution in [0.3, 0.4) is 0 Å². The van der Waals surface area contributed by atoms with Crippen LogP contribution in [0, 0.1) is 0 Å². The number of phenols is 4. The third kappa shape index (κ3) is 10.0. The number of rotatable bonds is 14. The van der Waals surface area contributed by atoms with Crippen molar-refractivity contribution in [2.75, 3.05) is 26.4 Å². The Balaban J connectivity index is 1.43. The zero-order chi connectivity index (χ0) is 40.8. The fourth-order valence-corrected chi connectivity index (χ4v) is 6.17. The van der Waals surface area contributed by atoms with Crippen LogP contribution in [0.1, 0.15) is 11.1 Å². The highest BCUT2D eigenvalue weighted by Crippen LogP contribution is 2.35. The van der Waals surface area contributed by atoms with Crippen molar-refractivity contribution >= 4 is 12.0 Å². The first-order chi connectivity index (χ1) is 26.6.